The molecule has 5 rings (SSSR count). The fraction of sp³-hybridized carbons (Fsp3) is 0.304. The molecule has 0 bridgehead atoms. The number of aromatic nitrogens is 3. The van der Waals surface area contributed by atoms with Gasteiger partial charge in [0, 0.05) is 30.7 Å². The third kappa shape index (κ3) is 3.64. The second kappa shape index (κ2) is 7.70. The Morgan fingerprint density at radius 2 is 2.09 bits per heavy atom. The molecule has 166 valence electrons. The SMILES string of the molecule is [B]C1([B])NC(=O)c2c(-n3ccc(N4CCC[C@@](C)(O)C4)n3)cc(-c3c(F)cccc3C#N)nc21. The van der Waals surface area contributed by atoms with Crippen LogP contribution >= 0.6 is 0 Å². The van der Waals surface area contributed by atoms with Gasteiger partial charge < -0.3 is 15.3 Å². The summed E-state index contributed by atoms with van der Waals surface area (Å²) in [6, 6.07) is 9.35. The van der Waals surface area contributed by atoms with Crippen molar-refractivity contribution in [2.45, 2.75) is 30.7 Å². The van der Waals surface area contributed by atoms with Crippen LogP contribution in [0.25, 0.3) is 16.9 Å². The lowest BCUT2D eigenvalue weighted by molar-refractivity contribution is 0.0447. The number of amides is 1. The first kappa shape index (κ1) is 22.2. The van der Waals surface area contributed by atoms with E-state index in [2.05, 4.69) is 15.4 Å². The number of nitrogens with one attached hydrogen (secondary N) is 1. The number of anilines is 1. The van der Waals surface area contributed by atoms with Crippen molar-refractivity contribution in [1.29, 1.82) is 5.26 Å². The normalized spacial score (nSPS) is 21.1. The van der Waals surface area contributed by atoms with Crippen molar-refractivity contribution < 1.29 is 14.3 Å². The van der Waals surface area contributed by atoms with E-state index in [1.54, 1.807) is 19.2 Å². The van der Waals surface area contributed by atoms with Crippen LogP contribution in [0, 0.1) is 17.1 Å². The molecule has 3 aromatic rings. The quantitative estimate of drug-likeness (QED) is 0.584. The summed E-state index contributed by atoms with van der Waals surface area (Å²) in [7, 11) is 12.2. The molecule has 34 heavy (non-hydrogen) atoms. The highest BCUT2D eigenvalue weighted by Gasteiger charge is 2.39. The first-order valence-corrected chi connectivity index (χ1v) is 10.8. The predicted octanol–water partition coefficient (Wildman–Crippen LogP) is 1.49. The number of hydrogen-bond acceptors (Lipinski definition) is 6. The first-order valence-electron chi connectivity index (χ1n) is 10.8. The minimum atomic E-state index is -1.78. The average Bonchev–Trinajstić information content (AvgIpc) is 3.35. The van der Waals surface area contributed by atoms with Crippen LogP contribution in [0.1, 0.15) is 41.4 Å². The molecule has 0 saturated carbocycles. The number of fused-ring (bicyclic) bond motifs is 1. The molecule has 1 atom stereocenters. The maximum absolute atomic E-state index is 14.8. The van der Waals surface area contributed by atoms with Gasteiger partial charge in [0.25, 0.3) is 5.91 Å². The maximum atomic E-state index is 14.8. The van der Waals surface area contributed by atoms with Crippen LogP contribution in [-0.4, -0.2) is 60.2 Å². The number of β-amino-alcohol motifs (C(OH)–C–C–N with tert-alkyl or cyclic N) is 1. The molecule has 8 nitrogen and oxygen atoms in total. The molecule has 0 unspecified atom stereocenters. The molecule has 11 heteroatoms. The molecular formula is C23H19B2FN6O2. The van der Waals surface area contributed by atoms with E-state index in [1.165, 1.54) is 28.9 Å². The van der Waals surface area contributed by atoms with Crippen LogP contribution < -0.4 is 10.2 Å². The van der Waals surface area contributed by atoms with Crippen molar-refractivity contribution in [3.63, 3.8) is 0 Å². The van der Waals surface area contributed by atoms with Gasteiger partial charge in [-0.05, 0) is 38.0 Å². The molecule has 1 saturated heterocycles. The van der Waals surface area contributed by atoms with E-state index >= 15 is 0 Å². The van der Waals surface area contributed by atoms with Crippen LogP contribution in [0.2, 0.25) is 0 Å². The zero-order valence-corrected chi connectivity index (χ0v) is 18.4. The summed E-state index contributed by atoms with van der Waals surface area (Å²) in [5, 5.41) is 25.3. The molecule has 2 aromatic heterocycles. The lowest BCUT2D eigenvalue weighted by Gasteiger charge is -2.36. The molecule has 1 fully saturated rings. The van der Waals surface area contributed by atoms with E-state index in [1.807, 2.05) is 11.0 Å². The van der Waals surface area contributed by atoms with Crippen LogP contribution in [-0.2, 0) is 5.34 Å². The molecule has 1 aromatic carbocycles. The summed E-state index contributed by atoms with van der Waals surface area (Å²) in [6.07, 6.45) is 3.17. The summed E-state index contributed by atoms with van der Waals surface area (Å²) in [6.45, 7) is 2.92. The Balaban J connectivity index is 1.68. The molecule has 2 aliphatic rings. The standard InChI is InChI=1S/C23H19B2FN6O2/c1-22(34)7-3-8-31(12-22)17-6-9-32(30-17)16-10-15(18-13(11-27)4-2-5-14(18)26)28-20-19(16)21(33)29-23(20,24)25/h2,4-6,9-10,34H,3,7-8,12H2,1H3,(H,29,33)/t22-/m1/s1. The lowest BCUT2D eigenvalue weighted by atomic mass is 9.60. The minimum Gasteiger partial charge on any atom is -0.388 e. The summed E-state index contributed by atoms with van der Waals surface area (Å²) in [4.78, 5) is 19.1. The average molecular weight is 452 g/mol. The van der Waals surface area contributed by atoms with Gasteiger partial charge in [-0.25, -0.2) is 9.07 Å². The highest BCUT2D eigenvalue weighted by atomic mass is 19.1. The number of pyridine rings is 1. The van der Waals surface area contributed by atoms with Gasteiger partial charge in [0.15, 0.2) is 5.82 Å². The number of carbonyl (C=O) groups excluding carboxylic acids is 1. The highest BCUT2D eigenvalue weighted by Crippen LogP contribution is 2.35. The van der Waals surface area contributed by atoms with E-state index in [0.717, 1.165) is 13.0 Å². The second-order valence-electron chi connectivity index (χ2n) is 8.99. The summed E-state index contributed by atoms with van der Waals surface area (Å²) in [5.74, 6) is -0.576. The van der Waals surface area contributed by atoms with Crippen LogP contribution in [0.5, 0.6) is 0 Å². The summed E-state index contributed by atoms with van der Waals surface area (Å²) >= 11 is 0. The van der Waals surface area contributed by atoms with Crippen LogP contribution in [0.4, 0.5) is 10.2 Å². The van der Waals surface area contributed by atoms with Crippen molar-refractivity contribution in [3.8, 4) is 23.0 Å². The van der Waals surface area contributed by atoms with E-state index in [9.17, 15) is 19.6 Å². The van der Waals surface area contributed by atoms with Crippen LogP contribution in [0.15, 0.2) is 36.5 Å². The monoisotopic (exact) mass is 452 g/mol. The van der Waals surface area contributed by atoms with Gasteiger partial charge in [-0.2, -0.15) is 10.4 Å². The minimum absolute atomic E-state index is 0.0232. The topological polar surface area (TPSA) is 107 Å². The summed E-state index contributed by atoms with van der Waals surface area (Å²) in [5.41, 5.74) is -0.255. The van der Waals surface area contributed by atoms with Gasteiger partial charge in [0.1, 0.15) is 5.82 Å². The van der Waals surface area contributed by atoms with Gasteiger partial charge in [-0.3, -0.25) is 9.78 Å². The number of hydrogen-bond donors (Lipinski definition) is 2. The Labute approximate surface area is 198 Å². The Morgan fingerprint density at radius 1 is 1.29 bits per heavy atom. The van der Waals surface area contributed by atoms with E-state index in [0.29, 0.717) is 18.8 Å². The van der Waals surface area contributed by atoms with E-state index < -0.39 is 22.7 Å². The number of benzene rings is 1. The number of rotatable bonds is 3. The molecule has 2 aliphatic heterocycles. The van der Waals surface area contributed by atoms with Gasteiger partial charge >= 0.3 is 0 Å². The van der Waals surface area contributed by atoms with Gasteiger partial charge in [-0.15, -0.1) is 0 Å². The first-order chi connectivity index (χ1) is 16.1. The van der Waals surface area contributed by atoms with Gasteiger partial charge in [0.2, 0.25) is 0 Å². The fourth-order valence-corrected chi connectivity index (χ4v) is 4.58. The lowest BCUT2D eigenvalue weighted by Crippen LogP contribution is -2.46. The third-order valence-corrected chi connectivity index (χ3v) is 6.15. The smallest absolute Gasteiger partial charge is 0.254 e. The largest absolute Gasteiger partial charge is 0.388 e. The number of nitrogens with zero attached hydrogens (tertiary/aromatic N) is 5. The molecule has 0 aliphatic carbocycles. The molecule has 0 spiro atoms. The Hall–Kier alpha value is -3.64. The number of piperidine rings is 1. The zero-order valence-electron chi connectivity index (χ0n) is 18.4. The molecule has 1 amide bonds. The number of carbonyl (C=O) groups is 1. The van der Waals surface area contributed by atoms with Crippen molar-refractivity contribution >= 4 is 27.4 Å². The maximum Gasteiger partial charge on any atom is 0.254 e. The second-order valence-corrected chi connectivity index (χ2v) is 8.99. The van der Waals surface area contributed by atoms with Crippen molar-refractivity contribution in [3.05, 3.63) is 59.2 Å². The number of aliphatic hydroxyl groups is 1. The van der Waals surface area contributed by atoms with Gasteiger partial charge in [0.05, 0.1) is 61.1 Å². The molecule has 4 heterocycles. The van der Waals surface area contributed by atoms with Gasteiger partial charge in [-0.1, -0.05) is 6.07 Å². The van der Waals surface area contributed by atoms with E-state index in [-0.39, 0.29) is 33.8 Å². The summed E-state index contributed by atoms with van der Waals surface area (Å²) < 4.78 is 16.3. The Kier molecular flexibility index (Phi) is 5.02. The zero-order chi connectivity index (χ0) is 24.3. The molecule has 2 N–H and O–H groups in total. The Morgan fingerprint density at radius 3 is 2.82 bits per heavy atom. The fourth-order valence-electron chi connectivity index (χ4n) is 4.58. The number of halogens is 1. The molecular weight excluding hydrogens is 433 g/mol. The van der Waals surface area contributed by atoms with Crippen molar-refractivity contribution in [1.82, 2.24) is 20.1 Å². The number of nitriles is 1. The predicted molar refractivity (Wildman–Crippen MR) is 124 cm³/mol. The van der Waals surface area contributed by atoms with E-state index in [4.69, 9.17) is 15.7 Å². The highest BCUT2D eigenvalue weighted by molar-refractivity contribution is 6.42. The van der Waals surface area contributed by atoms with Crippen molar-refractivity contribution in [2.24, 2.45) is 0 Å². The molecule has 4 radical (unpaired) electrons. The van der Waals surface area contributed by atoms with Crippen molar-refractivity contribution in [2.75, 3.05) is 18.0 Å². The van der Waals surface area contributed by atoms with Crippen LogP contribution in [0.3, 0.4) is 0 Å². The third-order valence-electron chi connectivity index (χ3n) is 6.15. The Bertz CT molecular complexity index is 1360.